The number of hydrogen-bond donors (Lipinski definition) is 1. The molecule has 2 fully saturated rings. The average Bonchev–Trinajstić information content (AvgIpc) is 2.77. The second-order valence-electron chi connectivity index (χ2n) is 5.64. The maximum Gasteiger partial charge on any atom is 0.258 e. The number of amides is 1. The zero-order chi connectivity index (χ0) is 14.1. The number of likely N-dealkylation sites (tertiary alicyclic amines) is 1. The summed E-state index contributed by atoms with van der Waals surface area (Å²) < 4.78 is 13.8. The molecule has 2 aliphatic heterocycles. The zero-order valence-corrected chi connectivity index (χ0v) is 12.0. The van der Waals surface area contributed by atoms with E-state index >= 15 is 0 Å². The Morgan fingerprint density at radius 3 is 2.50 bits per heavy atom. The van der Waals surface area contributed by atoms with Gasteiger partial charge in [0.05, 0.1) is 10.6 Å². The molecule has 0 saturated carbocycles. The molecule has 1 aromatic rings. The zero-order valence-electron chi connectivity index (χ0n) is 11.2. The molecule has 0 spiro atoms. The van der Waals surface area contributed by atoms with Crippen LogP contribution in [0.15, 0.2) is 18.2 Å². The smallest absolute Gasteiger partial charge is 0.258 e. The van der Waals surface area contributed by atoms with Gasteiger partial charge in [-0.2, -0.15) is 0 Å². The molecule has 1 aromatic carbocycles. The summed E-state index contributed by atoms with van der Waals surface area (Å²) >= 11 is 5.98. The van der Waals surface area contributed by atoms with Crippen LogP contribution in [0.2, 0.25) is 5.02 Å². The Morgan fingerprint density at radius 2 is 1.90 bits per heavy atom. The third kappa shape index (κ3) is 2.54. The Hall–Kier alpha value is -1.13. The van der Waals surface area contributed by atoms with E-state index < -0.39 is 5.82 Å². The topological polar surface area (TPSA) is 32.3 Å². The number of fused-ring (bicyclic) bond motifs is 1. The first-order valence-corrected chi connectivity index (χ1v) is 7.48. The maximum atomic E-state index is 13.8. The van der Waals surface area contributed by atoms with E-state index in [1.165, 1.54) is 12.1 Å². The van der Waals surface area contributed by atoms with Crippen LogP contribution in [0.4, 0.5) is 4.39 Å². The Morgan fingerprint density at radius 1 is 1.25 bits per heavy atom. The lowest BCUT2D eigenvalue weighted by Gasteiger charge is -2.21. The van der Waals surface area contributed by atoms with Gasteiger partial charge in [-0.15, -0.1) is 0 Å². The van der Waals surface area contributed by atoms with Gasteiger partial charge < -0.3 is 10.2 Å². The van der Waals surface area contributed by atoms with E-state index in [-0.39, 0.29) is 16.5 Å². The van der Waals surface area contributed by atoms with Crippen molar-refractivity contribution in [3.63, 3.8) is 0 Å². The van der Waals surface area contributed by atoms with Gasteiger partial charge in [-0.05, 0) is 49.9 Å². The third-order valence-electron chi connectivity index (χ3n) is 4.48. The van der Waals surface area contributed by atoms with Crippen LogP contribution < -0.4 is 5.32 Å². The van der Waals surface area contributed by atoms with Crippen LogP contribution in [0.1, 0.15) is 23.2 Å². The van der Waals surface area contributed by atoms with Crippen molar-refractivity contribution >= 4 is 17.5 Å². The largest absolute Gasteiger partial charge is 0.338 e. The molecule has 1 amide bonds. The minimum Gasteiger partial charge on any atom is -0.338 e. The highest BCUT2D eigenvalue weighted by molar-refractivity contribution is 6.33. The summed E-state index contributed by atoms with van der Waals surface area (Å²) in [5.41, 5.74) is 0.0133. The number of hydrogen-bond acceptors (Lipinski definition) is 2. The van der Waals surface area contributed by atoms with E-state index in [4.69, 9.17) is 11.6 Å². The van der Waals surface area contributed by atoms with Crippen molar-refractivity contribution in [3.8, 4) is 0 Å². The first-order chi connectivity index (χ1) is 9.66. The summed E-state index contributed by atoms with van der Waals surface area (Å²) in [7, 11) is 0. The fourth-order valence-corrected chi connectivity index (χ4v) is 3.53. The first-order valence-electron chi connectivity index (χ1n) is 7.11. The van der Waals surface area contributed by atoms with Crippen LogP contribution in [-0.2, 0) is 0 Å². The molecule has 0 bridgehead atoms. The van der Waals surface area contributed by atoms with Crippen molar-refractivity contribution < 1.29 is 9.18 Å². The summed E-state index contributed by atoms with van der Waals surface area (Å²) in [6.45, 7) is 3.44. The number of rotatable bonds is 1. The Labute approximate surface area is 123 Å². The summed E-state index contributed by atoms with van der Waals surface area (Å²) in [5, 5.41) is 3.60. The lowest BCUT2D eigenvalue weighted by molar-refractivity contribution is 0.0754. The Bertz CT molecular complexity index is 488. The van der Waals surface area contributed by atoms with E-state index in [9.17, 15) is 9.18 Å². The van der Waals surface area contributed by atoms with E-state index in [1.807, 2.05) is 0 Å². The summed E-state index contributed by atoms with van der Waals surface area (Å²) in [5.74, 6) is 0.474. The van der Waals surface area contributed by atoms with E-state index in [2.05, 4.69) is 5.32 Å². The summed E-state index contributed by atoms with van der Waals surface area (Å²) in [6, 6.07) is 4.37. The molecule has 108 valence electrons. The molecule has 2 atom stereocenters. The molecule has 0 aliphatic carbocycles. The van der Waals surface area contributed by atoms with Gasteiger partial charge in [-0.25, -0.2) is 4.39 Å². The van der Waals surface area contributed by atoms with Crippen LogP contribution >= 0.6 is 11.6 Å². The minimum absolute atomic E-state index is 0.0133. The normalized spacial score (nSPS) is 26.2. The SMILES string of the molecule is O=C(c1c(F)cccc1Cl)N1CC[C@@H]2CNC[C@@H]2CC1. The van der Waals surface area contributed by atoms with E-state index in [0.717, 1.165) is 25.9 Å². The molecular formula is C15H18ClFN2O. The minimum atomic E-state index is -0.534. The molecule has 3 nitrogen and oxygen atoms in total. The molecule has 2 saturated heterocycles. The molecule has 0 aromatic heterocycles. The van der Waals surface area contributed by atoms with Crippen molar-refractivity contribution in [2.75, 3.05) is 26.2 Å². The van der Waals surface area contributed by atoms with Gasteiger partial charge >= 0.3 is 0 Å². The van der Waals surface area contributed by atoms with Gasteiger partial charge in [0.2, 0.25) is 0 Å². The van der Waals surface area contributed by atoms with Gasteiger partial charge in [0.15, 0.2) is 0 Å². The van der Waals surface area contributed by atoms with Crippen molar-refractivity contribution in [2.45, 2.75) is 12.8 Å². The molecule has 5 heteroatoms. The number of halogens is 2. The average molecular weight is 297 g/mol. The van der Waals surface area contributed by atoms with Crippen LogP contribution in [-0.4, -0.2) is 37.0 Å². The molecular weight excluding hydrogens is 279 g/mol. The quantitative estimate of drug-likeness (QED) is 0.864. The van der Waals surface area contributed by atoms with Crippen molar-refractivity contribution in [1.82, 2.24) is 10.2 Å². The second-order valence-corrected chi connectivity index (χ2v) is 6.05. The first kappa shape index (κ1) is 13.8. The van der Waals surface area contributed by atoms with Crippen LogP contribution in [0.3, 0.4) is 0 Å². The Kier molecular flexibility index (Phi) is 3.94. The Balaban J connectivity index is 1.77. The third-order valence-corrected chi connectivity index (χ3v) is 4.80. The molecule has 2 heterocycles. The van der Waals surface area contributed by atoms with Crippen LogP contribution in [0.5, 0.6) is 0 Å². The van der Waals surface area contributed by atoms with Crippen molar-refractivity contribution in [2.24, 2.45) is 11.8 Å². The molecule has 2 aliphatic rings. The highest BCUT2D eigenvalue weighted by atomic mass is 35.5. The van der Waals surface area contributed by atoms with E-state index in [1.54, 1.807) is 11.0 Å². The number of nitrogens with one attached hydrogen (secondary N) is 1. The lowest BCUT2D eigenvalue weighted by Crippen LogP contribution is -2.33. The predicted octanol–water partition coefficient (Wildman–Crippen LogP) is 2.55. The van der Waals surface area contributed by atoms with Crippen molar-refractivity contribution in [3.05, 3.63) is 34.6 Å². The maximum absolute atomic E-state index is 13.8. The predicted molar refractivity (Wildman–Crippen MR) is 76.4 cm³/mol. The van der Waals surface area contributed by atoms with Crippen molar-refractivity contribution in [1.29, 1.82) is 0 Å². The highest BCUT2D eigenvalue weighted by Gasteiger charge is 2.32. The lowest BCUT2D eigenvalue weighted by atomic mass is 9.92. The van der Waals surface area contributed by atoms with Crippen LogP contribution in [0.25, 0.3) is 0 Å². The summed E-state index contributed by atoms with van der Waals surface area (Å²) in [4.78, 5) is 14.3. The van der Waals surface area contributed by atoms with Gasteiger partial charge in [0, 0.05) is 13.1 Å². The number of carbonyl (C=O) groups excluding carboxylic acids is 1. The standard InChI is InChI=1S/C15H18ClFN2O/c16-12-2-1-3-13(17)14(12)15(20)19-6-4-10-8-18-9-11(10)5-7-19/h1-3,10-11,18H,4-9H2/t10-,11+. The monoisotopic (exact) mass is 296 g/mol. The van der Waals surface area contributed by atoms with Gasteiger partial charge in [-0.1, -0.05) is 17.7 Å². The number of benzene rings is 1. The molecule has 20 heavy (non-hydrogen) atoms. The summed E-state index contributed by atoms with van der Waals surface area (Å²) in [6.07, 6.45) is 1.96. The number of nitrogens with zero attached hydrogens (tertiary/aromatic N) is 1. The van der Waals surface area contributed by atoms with Gasteiger partial charge in [0.25, 0.3) is 5.91 Å². The molecule has 1 N–H and O–H groups in total. The molecule has 0 unspecified atom stereocenters. The fourth-order valence-electron chi connectivity index (χ4n) is 3.28. The van der Waals surface area contributed by atoms with Gasteiger partial charge in [-0.3, -0.25) is 4.79 Å². The molecule has 3 rings (SSSR count). The fraction of sp³-hybridized carbons (Fsp3) is 0.533. The van der Waals surface area contributed by atoms with E-state index in [0.29, 0.717) is 24.9 Å². The molecule has 0 radical (unpaired) electrons. The highest BCUT2D eigenvalue weighted by Crippen LogP contribution is 2.29. The van der Waals surface area contributed by atoms with Gasteiger partial charge in [0.1, 0.15) is 5.82 Å². The number of carbonyl (C=O) groups is 1. The van der Waals surface area contributed by atoms with Crippen LogP contribution in [0, 0.1) is 17.7 Å². The second kappa shape index (κ2) is 5.70.